The first-order chi connectivity index (χ1) is 32.6. The molecule has 0 aliphatic rings. The summed E-state index contributed by atoms with van der Waals surface area (Å²) in [5, 5.41) is 0. The van der Waals surface area contributed by atoms with Crippen molar-refractivity contribution < 1.29 is 23.8 Å². The zero-order chi connectivity index (χ0) is 47.7. The molecule has 0 aromatic heterocycles. The molecule has 0 spiro atoms. The van der Waals surface area contributed by atoms with Crippen LogP contribution in [0.2, 0.25) is 0 Å². The normalized spacial score (nSPS) is 12.5. The van der Waals surface area contributed by atoms with Crippen LogP contribution in [0.4, 0.5) is 0 Å². The third kappa shape index (κ3) is 54.5. The van der Waals surface area contributed by atoms with E-state index < -0.39 is 6.10 Å². The molecule has 5 nitrogen and oxygen atoms in total. The molecule has 0 aromatic carbocycles. The van der Waals surface area contributed by atoms with Gasteiger partial charge in [-0.3, -0.25) is 9.59 Å². The minimum absolute atomic E-state index is 0.0816. The fourth-order valence-corrected chi connectivity index (χ4v) is 8.44. The van der Waals surface area contributed by atoms with Crippen LogP contribution in [0.1, 0.15) is 303 Å². The van der Waals surface area contributed by atoms with Crippen LogP contribution in [0.5, 0.6) is 0 Å². The standard InChI is InChI=1S/C61H112O5/c1-4-7-10-13-16-19-22-24-26-28-30-32-34-36-38-41-44-47-50-53-56-64-57-59(66-61(63)55-52-49-46-43-39-21-18-15-12-9-6-3)58-65-60(62)54-51-48-45-42-40-37-35-33-31-29-27-25-23-20-17-14-11-8-5-2/h15-16,18-19,24,26,30,32,59H,4-14,17,20-23,25,27-29,31,33-58H2,1-3H3/b18-15-,19-16-,26-24-,32-30-. The number of carbonyl (C=O) groups is 2. The van der Waals surface area contributed by atoms with E-state index in [0.717, 1.165) is 64.2 Å². The third-order valence-electron chi connectivity index (χ3n) is 12.8. The SMILES string of the molecule is CCCC/C=C\CCCCCCCC(=O)OC(COCCCCCCCCC/C=C\C/C=C\C/C=C\CCCCC)COC(=O)CCCCCCCCCCCCCCCCCCCCC. The number of allylic oxidation sites excluding steroid dienone is 8. The maximum Gasteiger partial charge on any atom is 0.306 e. The van der Waals surface area contributed by atoms with Gasteiger partial charge in [-0.15, -0.1) is 0 Å². The van der Waals surface area contributed by atoms with Gasteiger partial charge in [0.25, 0.3) is 0 Å². The lowest BCUT2D eigenvalue weighted by molar-refractivity contribution is -0.163. The molecule has 1 atom stereocenters. The average molecular weight is 926 g/mol. The number of carbonyl (C=O) groups excluding carboxylic acids is 2. The summed E-state index contributed by atoms with van der Waals surface area (Å²) in [6, 6.07) is 0. The molecule has 0 amide bonds. The third-order valence-corrected chi connectivity index (χ3v) is 12.8. The van der Waals surface area contributed by atoms with E-state index in [1.165, 1.54) is 205 Å². The average Bonchev–Trinajstić information content (AvgIpc) is 3.32. The van der Waals surface area contributed by atoms with Crippen molar-refractivity contribution in [1.29, 1.82) is 0 Å². The van der Waals surface area contributed by atoms with E-state index in [-0.39, 0.29) is 25.2 Å². The van der Waals surface area contributed by atoms with E-state index in [2.05, 4.69) is 69.4 Å². The minimum Gasteiger partial charge on any atom is -0.462 e. The summed E-state index contributed by atoms with van der Waals surface area (Å²) in [5.41, 5.74) is 0. The highest BCUT2D eigenvalue weighted by Gasteiger charge is 2.17. The Hall–Kier alpha value is -2.14. The number of rotatable bonds is 54. The molecule has 5 heteroatoms. The van der Waals surface area contributed by atoms with Crippen molar-refractivity contribution >= 4 is 11.9 Å². The van der Waals surface area contributed by atoms with Crippen molar-refractivity contribution in [3.8, 4) is 0 Å². The molecule has 0 aliphatic carbocycles. The highest BCUT2D eigenvalue weighted by molar-refractivity contribution is 5.70. The maximum absolute atomic E-state index is 12.8. The van der Waals surface area contributed by atoms with Gasteiger partial charge in [0.05, 0.1) is 6.61 Å². The van der Waals surface area contributed by atoms with Crippen LogP contribution < -0.4 is 0 Å². The summed E-state index contributed by atoms with van der Waals surface area (Å²) in [5.74, 6) is -0.399. The number of hydrogen-bond donors (Lipinski definition) is 0. The molecular weight excluding hydrogens is 813 g/mol. The van der Waals surface area contributed by atoms with Crippen LogP contribution in [0, 0.1) is 0 Å². The van der Waals surface area contributed by atoms with Gasteiger partial charge in [-0.05, 0) is 77.0 Å². The lowest BCUT2D eigenvalue weighted by Gasteiger charge is -2.18. The van der Waals surface area contributed by atoms with Gasteiger partial charge >= 0.3 is 11.9 Å². The first-order valence-electron chi connectivity index (χ1n) is 29.2. The molecular formula is C61H112O5. The zero-order valence-corrected chi connectivity index (χ0v) is 44.5. The Bertz CT molecular complexity index is 1090. The monoisotopic (exact) mass is 925 g/mol. The van der Waals surface area contributed by atoms with E-state index >= 15 is 0 Å². The van der Waals surface area contributed by atoms with Crippen LogP contribution in [-0.4, -0.2) is 37.9 Å². The second-order valence-corrected chi connectivity index (χ2v) is 19.5. The van der Waals surface area contributed by atoms with Crippen LogP contribution in [-0.2, 0) is 23.8 Å². The number of ether oxygens (including phenoxy) is 3. The molecule has 66 heavy (non-hydrogen) atoms. The van der Waals surface area contributed by atoms with E-state index in [1.807, 2.05) is 0 Å². The van der Waals surface area contributed by atoms with Crippen molar-refractivity contribution in [3.63, 3.8) is 0 Å². The molecule has 0 N–H and O–H groups in total. The fraction of sp³-hybridized carbons (Fsp3) is 0.836. The summed E-state index contributed by atoms with van der Waals surface area (Å²) in [4.78, 5) is 25.5. The van der Waals surface area contributed by atoms with Crippen LogP contribution in [0.15, 0.2) is 48.6 Å². The second-order valence-electron chi connectivity index (χ2n) is 19.5. The number of esters is 2. The molecule has 0 aromatic rings. The molecule has 386 valence electrons. The van der Waals surface area contributed by atoms with Gasteiger partial charge in [-0.1, -0.05) is 262 Å². The van der Waals surface area contributed by atoms with Crippen LogP contribution in [0.25, 0.3) is 0 Å². The van der Waals surface area contributed by atoms with E-state index in [0.29, 0.717) is 19.4 Å². The molecule has 0 aliphatic heterocycles. The topological polar surface area (TPSA) is 61.8 Å². The molecule has 1 unspecified atom stereocenters. The summed E-state index contributed by atoms with van der Waals surface area (Å²) in [6.45, 7) is 7.78. The summed E-state index contributed by atoms with van der Waals surface area (Å²) < 4.78 is 17.5. The minimum atomic E-state index is -0.543. The van der Waals surface area contributed by atoms with Crippen molar-refractivity contribution in [2.24, 2.45) is 0 Å². The first kappa shape index (κ1) is 63.9. The Kier molecular flexibility index (Phi) is 55.3. The zero-order valence-electron chi connectivity index (χ0n) is 44.5. The quantitative estimate of drug-likeness (QED) is 0.0345. The Labute approximate surface area is 412 Å². The Morgan fingerprint density at radius 1 is 0.333 bits per heavy atom. The lowest BCUT2D eigenvalue weighted by Crippen LogP contribution is -2.30. The van der Waals surface area contributed by atoms with Gasteiger partial charge < -0.3 is 14.2 Å². The highest BCUT2D eigenvalue weighted by Crippen LogP contribution is 2.16. The molecule has 0 saturated heterocycles. The largest absolute Gasteiger partial charge is 0.462 e. The van der Waals surface area contributed by atoms with Gasteiger partial charge in [0, 0.05) is 19.4 Å². The molecule has 0 radical (unpaired) electrons. The Balaban J connectivity index is 4.19. The van der Waals surface area contributed by atoms with Gasteiger partial charge in [-0.2, -0.15) is 0 Å². The van der Waals surface area contributed by atoms with Gasteiger partial charge in [0.15, 0.2) is 6.10 Å². The fourth-order valence-electron chi connectivity index (χ4n) is 8.44. The van der Waals surface area contributed by atoms with Gasteiger partial charge in [0.2, 0.25) is 0 Å². The molecule has 0 fully saturated rings. The number of hydrogen-bond acceptors (Lipinski definition) is 5. The van der Waals surface area contributed by atoms with Gasteiger partial charge in [0.1, 0.15) is 6.61 Å². The van der Waals surface area contributed by atoms with Crippen molar-refractivity contribution in [3.05, 3.63) is 48.6 Å². The lowest BCUT2D eigenvalue weighted by atomic mass is 10.0. The highest BCUT2D eigenvalue weighted by atomic mass is 16.6. The van der Waals surface area contributed by atoms with Crippen molar-refractivity contribution in [2.45, 2.75) is 309 Å². The van der Waals surface area contributed by atoms with Crippen LogP contribution >= 0.6 is 0 Å². The van der Waals surface area contributed by atoms with E-state index in [1.54, 1.807) is 0 Å². The summed E-state index contributed by atoms with van der Waals surface area (Å²) in [7, 11) is 0. The maximum atomic E-state index is 12.8. The Morgan fingerprint density at radius 2 is 0.652 bits per heavy atom. The molecule has 0 rings (SSSR count). The summed E-state index contributed by atoms with van der Waals surface area (Å²) in [6.07, 6.45) is 71.4. The van der Waals surface area contributed by atoms with Crippen molar-refractivity contribution in [2.75, 3.05) is 19.8 Å². The summed E-state index contributed by atoms with van der Waals surface area (Å²) >= 11 is 0. The number of unbranched alkanes of at least 4 members (excludes halogenated alkanes) is 35. The van der Waals surface area contributed by atoms with Crippen LogP contribution in [0.3, 0.4) is 0 Å². The molecule has 0 bridgehead atoms. The van der Waals surface area contributed by atoms with E-state index in [4.69, 9.17) is 14.2 Å². The van der Waals surface area contributed by atoms with Gasteiger partial charge in [-0.25, -0.2) is 0 Å². The first-order valence-corrected chi connectivity index (χ1v) is 29.2. The molecule has 0 saturated carbocycles. The second kappa shape index (κ2) is 57.2. The van der Waals surface area contributed by atoms with Crippen molar-refractivity contribution in [1.82, 2.24) is 0 Å². The predicted molar refractivity (Wildman–Crippen MR) is 288 cm³/mol. The van der Waals surface area contributed by atoms with E-state index in [9.17, 15) is 9.59 Å². The Morgan fingerprint density at radius 3 is 1.11 bits per heavy atom. The smallest absolute Gasteiger partial charge is 0.306 e. The predicted octanol–water partition coefficient (Wildman–Crippen LogP) is 19.9. The molecule has 0 heterocycles.